The number of likely N-dealkylation sites (tertiary alicyclic amines) is 1. The van der Waals surface area contributed by atoms with Crippen molar-refractivity contribution in [1.82, 2.24) is 31.5 Å². The fourth-order valence-corrected chi connectivity index (χ4v) is 18.3. The zero-order valence-corrected chi connectivity index (χ0v) is 80.3. The van der Waals surface area contributed by atoms with Gasteiger partial charge in [0.2, 0.25) is 29.5 Å². The smallest absolute Gasteiger partial charge is 0.407 e. The lowest BCUT2D eigenvalue weighted by molar-refractivity contribution is -0.282. The number of carbonyl (C=O) groups is 9. The largest absolute Gasteiger partial charge is 0.466 e. The van der Waals surface area contributed by atoms with Gasteiger partial charge < -0.3 is 139 Å². The van der Waals surface area contributed by atoms with E-state index in [4.69, 9.17) is 61.6 Å². The molecule has 130 heavy (non-hydrogen) atoms. The number of Topliss-reactive ketones (excluding diaryl/α,β-unsaturated/α-hetero) is 1. The van der Waals surface area contributed by atoms with Crippen molar-refractivity contribution >= 4 is 74.9 Å². The number of aliphatic hydroxyl groups excluding tert-OH is 9. The molecule has 0 bridgehead atoms. The second-order valence-electron chi connectivity index (χ2n) is 35.4. The van der Waals surface area contributed by atoms with Crippen molar-refractivity contribution in [3.8, 4) is 0 Å². The molecule has 0 aromatic heterocycles. The van der Waals surface area contributed by atoms with Gasteiger partial charge in [0.1, 0.15) is 42.4 Å². The van der Waals surface area contributed by atoms with E-state index in [0.29, 0.717) is 174 Å². The van der Waals surface area contributed by atoms with Crippen LogP contribution in [0.5, 0.6) is 0 Å². The van der Waals surface area contributed by atoms with E-state index in [2.05, 4.69) is 40.4 Å². The lowest BCUT2D eigenvalue weighted by atomic mass is 9.83. The van der Waals surface area contributed by atoms with Crippen molar-refractivity contribution in [3.05, 3.63) is 0 Å². The topological polar surface area (TPSA) is 519 Å². The van der Waals surface area contributed by atoms with E-state index < -0.39 is 123 Å². The number of alkyl carbamates (subject to hydrolysis) is 1. The summed E-state index contributed by atoms with van der Waals surface area (Å²) in [5.41, 5.74) is -0.933. The zero-order chi connectivity index (χ0) is 95.3. The average Bonchev–Trinajstić information content (AvgIpc) is 0.931. The molecule has 0 aromatic carbocycles. The Bertz CT molecular complexity index is 2870. The molecule has 0 aliphatic carbocycles. The molecule has 4 aliphatic heterocycles. The maximum atomic E-state index is 14.1. The molecule has 15 unspecified atom stereocenters. The Morgan fingerprint density at radius 3 is 1.24 bits per heavy atom. The molecule has 0 spiro atoms. The van der Waals surface area contributed by atoms with Crippen LogP contribution in [0.4, 0.5) is 4.79 Å². The van der Waals surface area contributed by atoms with Crippen molar-refractivity contribution in [2.24, 2.45) is 17.8 Å². The number of esters is 2. The average molecular weight is 1900 g/mol. The van der Waals surface area contributed by atoms with E-state index in [1.165, 1.54) is 0 Å². The molecule has 17 atom stereocenters. The summed E-state index contributed by atoms with van der Waals surface area (Å²) >= 11 is 0. The maximum Gasteiger partial charge on any atom is 0.407 e. The summed E-state index contributed by atoms with van der Waals surface area (Å²) in [4.78, 5) is 119. The van der Waals surface area contributed by atoms with Gasteiger partial charge in [-0.2, -0.15) is 0 Å². The number of aliphatic hydroxyl groups is 9. The fraction of sp³-hybridized carbons (Fsp3) is 0.901. The summed E-state index contributed by atoms with van der Waals surface area (Å²) in [6.07, 6.45) is 5.82. The first-order valence-electron chi connectivity index (χ1n) is 47.9. The number of hydrogen-bond donors (Lipinski definition) is 14. The minimum absolute atomic E-state index is 0.000832. The van der Waals surface area contributed by atoms with E-state index in [1.54, 1.807) is 56.6 Å². The molecule has 37 nitrogen and oxygen atoms in total. The summed E-state index contributed by atoms with van der Waals surface area (Å²) in [5, 5.41) is 105. The van der Waals surface area contributed by atoms with Gasteiger partial charge in [-0.1, -0.05) is 93.7 Å². The number of unbranched alkanes of at least 4 members (excludes halogenated alkanes) is 12. The van der Waals surface area contributed by atoms with Gasteiger partial charge in [-0.3, -0.25) is 38.4 Å². The number of rotatable bonds is 76. The zero-order valence-electron chi connectivity index (χ0n) is 78.7. The first-order valence-corrected chi connectivity index (χ1v) is 50.2. The van der Waals surface area contributed by atoms with Crippen LogP contribution in [0.2, 0.25) is 0 Å². The minimum Gasteiger partial charge on any atom is -0.466 e. The number of amides is 6. The third kappa shape index (κ3) is 49.8. The number of ether oxygens (including phenoxy) is 13. The Morgan fingerprint density at radius 2 is 0.808 bits per heavy atom. The van der Waals surface area contributed by atoms with Crippen LogP contribution in [0, 0.1) is 17.8 Å². The highest BCUT2D eigenvalue weighted by Gasteiger charge is 2.46. The predicted molar refractivity (Wildman–Crippen MR) is 485 cm³/mol. The van der Waals surface area contributed by atoms with E-state index in [1.807, 2.05) is 4.90 Å². The van der Waals surface area contributed by atoms with E-state index >= 15 is 0 Å². The molecular formula is C91H164N6O31S2. The second kappa shape index (κ2) is 69.9. The first kappa shape index (κ1) is 117. The molecule has 4 heterocycles. The molecule has 4 aliphatic rings. The number of ketones is 1. The highest BCUT2D eigenvalue weighted by molar-refractivity contribution is 8.77. The molecule has 4 rings (SSSR count). The molecule has 4 fully saturated rings. The van der Waals surface area contributed by atoms with Gasteiger partial charge in [0, 0.05) is 139 Å². The van der Waals surface area contributed by atoms with Crippen LogP contribution < -0.4 is 26.6 Å². The number of methoxy groups -OCH3 is 2. The van der Waals surface area contributed by atoms with Crippen LogP contribution in [-0.4, -0.2) is 346 Å². The predicted octanol–water partition coefficient (Wildman–Crippen LogP) is 5.96. The molecule has 0 radical (unpaired) electrons. The molecule has 14 N–H and O–H groups in total. The Labute approximate surface area is 778 Å². The van der Waals surface area contributed by atoms with Gasteiger partial charge in [-0.15, -0.1) is 0 Å². The SMILES string of the molecule is COC[C@H]1C[C@H](OC)CN1C(=O)CCCCC(=O)CCC(C)(C)SSCCOCCOCCC(=O)NC(CCCOC(=O)CCCCCCCNC(=O)CCCOC1OC(CO)C(O)C(O)C1C)(CCCOC(=O)CCCCCCCNC(=O)CCCOC1OC(CO)C(O)C(O)C1C)CCCOC(=O)NCCCCCCNC(=O)CCCOC1OC(CO)C(O)C(O)C1C. The highest BCUT2D eigenvalue weighted by atomic mass is 33.1. The normalized spacial score (nSPS) is 24.5. The van der Waals surface area contributed by atoms with E-state index in [0.717, 1.165) is 77.0 Å². The first-order chi connectivity index (χ1) is 62.5. The van der Waals surface area contributed by atoms with Crippen molar-refractivity contribution in [3.63, 3.8) is 0 Å². The van der Waals surface area contributed by atoms with Crippen LogP contribution in [0.25, 0.3) is 0 Å². The number of nitrogens with one attached hydrogen (secondary N) is 5. The van der Waals surface area contributed by atoms with Crippen molar-refractivity contribution in [2.75, 3.05) is 145 Å². The number of carbonyl (C=O) groups excluding carboxylic acids is 9. The van der Waals surface area contributed by atoms with Crippen molar-refractivity contribution < 1.29 is 151 Å². The molecule has 0 saturated carbocycles. The summed E-state index contributed by atoms with van der Waals surface area (Å²) in [6.45, 7) is 12.4. The van der Waals surface area contributed by atoms with Crippen LogP contribution in [0.1, 0.15) is 266 Å². The summed E-state index contributed by atoms with van der Waals surface area (Å²) < 4.78 is 73.6. The van der Waals surface area contributed by atoms with Gasteiger partial charge in [0.15, 0.2) is 18.9 Å². The van der Waals surface area contributed by atoms with Crippen LogP contribution >= 0.6 is 21.6 Å². The standard InChI is InChI=1S/C91H164N6O31S2/c1-64-80(109)83(112)70(60-98)126-86(64)122-47-24-31-73(102)92-43-20-12-8-10-16-35-78(107)120-50-27-39-91(40-28-51-121-79(108)36-17-11-9-13-21-44-93-74(103)32-25-48-123-87-65(2)81(110)84(113)71(61-99)127-87,41-29-52-125-89(115)95-46-23-15-14-22-45-94-75(104)33-26-49-124-88-66(3)82(111)85(114)72(62-100)128-88)96-76(105)38-53-118-54-55-119-56-57-129-130-90(4,5)42-37-68(101)30-18-19-34-77(106)97-59-69(117-7)58-67(97)63-116-6/h64-67,69-72,80-88,98-100,109-114H,8-63H2,1-7H3,(H,92,102)(H,93,103)(H,94,104)(H,95,115)(H,96,105)/t64?,65?,66?,67-,69+,70?,71?,72?,80?,81?,82?,83?,84?,85?,86?,87?,88?,91?/m1/s1. The number of nitrogens with zero attached hydrogens (tertiary/aromatic N) is 1. The molecule has 0 aromatic rings. The highest BCUT2D eigenvalue weighted by Crippen LogP contribution is 2.39. The van der Waals surface area contributed by atoms with E-state index in [9.17, 15) is 89.1 Å². The monoisotopic (exact) mass is 1900 g/mol. The second-order valence-corrected chi connectivity index (χ2v) is 38.5. The third-order valence-corrected chi connectivity index (χ3v) is 27.3. The Balaban J connectivity index is 1.25. The molecule has 6 amide bonds. The van der Waals surface area contributed by atoms with Crippen molar-refractivity contribution in [2.45, 2.75) is 362 Å². The van der Waals surface area contributed by atoms with Gasteiger partial charge in [0.25, 0.3) is 0 Å². The summed E-state index contributed by atoms with van der Waals surface area (Å²) in [6, 6.07) is 0.000832. The summed E-state index contributed by atoms with van der Waals surface area (Å²) in [7, 11) is 6.66. The number of hydrogen-bond acceptors (Lipinski definition) is 33. The van der Waals surface area contributed by atoms with Gasteiger partial charge in [-0.05, 0) is 136 Å². The maximum absolute atomic E-state index is 14.1. The fourth-order valence-electron chi connectivity index (χ4n) is 15.8. The summed E-state index contributed by atoms with van der Waals surface area (Å²) in [5.74, 6) is -2.09. The van der Waals surface area contributed by atoms with Crippen LogP contribution in [-0.2, 0) is 99.9 Å². The third-order valence-electron chi connectivity index (χ3n) is 24.0. The van der Waals surface area contributed by atoms with Gasteiger partial charge >= 0.3 is 18.0 Å². The van der Waals surface area contributed by atoms with Gasteiger partial charge in [0.05, 0.1) is 123 Å². The Morgan fingerprint density at radius 1 is 0.408 bits per heavy atom. The lowest BCUT2D eigenvalue weighted by Crippen LogP contribution is -2.55. The van der Waals surface area contributed by atoms with Gasteiger partial charge in [-0.25, -0.2) is 4.79 Å². The van der Waals surface area contributed by atoms with Crippen molar-refractivity contribution in [1.29, 1.82) is 0 Å². The Kier molecular flexibility index (Phi) is 63.2. The molecule has 756 valence electrons. The molecule has 39 heteroatoms. The lowest BCUT2D eigenvalue weighted by Gasteiger charge is -2.40. The van der Waals surface area contributed by atoms with Crippen LogP contribution in [0.15, 0.2) is 0 Å². The Hall–Kier alpha value is -4.83. The quantitative estimate of drug-likeness (QED) is 0.0145. The van der Waals surface area contributed by atoms with E-state index in [-0.39, 0.29) is 156 Å². The minimum atomic E-state index is -1.23. The molecular weight excluding hydrogens is 1740 g/mol. The van der Waals surface area contributed by atoms with Crippen LogP contribution in [0.3, 0.4) is 0 Å². The molecule has 4 saturated heterocycles.